The fourth-order valence-corrected chi connectivity index (χ4v) is 3.49. The van der Waals surface area contributed by atoms with Crippen LogP contribution in [0.4, 0.5) is 0 Å². The zero-order valence-corrected chi connectivity index (χ0v) is 12.6. The Kier molecular flexibility index (Phi) is 4.61. The van der Waals surface area contributed by atoms with E-state index in [0.29, 0.717) is 13.9 Å². The van der Waals surface area contributed by atoms with Gasteiger partial charge in [-0.05, 0) is 53.5 Å². The first kappa shape index (κ1) is 12.7. The van der Waals surface area contributed by atoms with Gasteiger partial charge in [-0.15, -0.1) is 11.8 Å². The summed E-state index contributed by atoms with van der Waals surface area (Å²) in [7, 11) is 0. The van der Waals surface area contributed by atoms with Crippen molar-refractivity contribution in [3.8, 4) is 0 Å². The van der Waals surface area contributed by atoms with Crippen LogP contribution in [0.2, 0.25) is 0 Å². The molecule has 0 aromatic carbocycles. The lowest BCUT2D eigenvalue weighted by molar-refractivity contribution is -0.114. The van der Waals surface area contributed by atoms with E-state index >= 15 is 0 Å². The first-order valence-electron chi connectivity index (χ1n) is 3.68. The highest BCUT2D eigenvalue weighted by atomic mass is 79.9. The average molecular weight is 405 g/mol. The summed E-state index contributed by atoms with van der Waals surface area (Å²) in [5.74, 6) is 0.393. The van der Waals surface area contributed by atoms with Crippen LogP contribution in [0.15, 0.2) is 18.4 Å². The van der Waals surface area contributed by atoms with Gasteiger partial charge in [0.05, 0.1) is 18.4 Å². The largest absolute Gasteiger partial charge is 0.287 e. The second kappa shape index (κ2) is 5.09. The molecule has 0 radical (unpaired) electrons. The van der Waals surface area contributed by atoms with E-state index in [1.165, 1.54) is 11.8 Å². The monoisotopic (exact) mass is 402 g/mol. The van der Waals surface area contributed by atoms with E-state index in [9.17, 15) is 9.59 Å². The van der Waals surface area contributed by atoms with Gasteiger partial charge in [0.1, 0.15) is 0 Å². The summed E-state index contributed by atoms with van der Waals surface area (Å²) < 4.78 is 0.904. The second-order valence-corrected chi connectivity index (χ2v) is 6.02. The van der Waals surface area contributed by atoms with E-state index in [-0.39, 0.29) is 16.0 Å². The Labute approximate surface area is 111 Å². The number of halogens is 3. The van der Waals surface area contributed by atoms with Gasteiger partial charge in [-0.2, -0.15) is 0 Å². The molecule has 0 spiro atoms. The van der Waals surface area contributed by atoms with Crippen molar-refractivity contribution in [2.45, 2.75) is 6.92 Å². The Morgan fingerprint density at radius 1 is 1.00 bits per heavy atom. The van der Waals surface area contributed by atoms with E-state index in [2.05, 4.69) is 47.8 Å². The molecule has 14 heavy (non-hydrogen) atoms. The van der Waals surface area contributed by atoms with Crippen LogP contribution in [-0.4, -0.2) is 17.3 Å². The summed E-state index contributed by atoms with van der Waals surface area (Å²) in [5.41, 5.74) is 0. The highest BCUT2D eigenvalue weighted by Gasteiger charge is 2.31. The molecular formula is C8H5Br3O2S. The zero-order chi connectivity index (χ0) is 10.9. The number of carbonyl (C=O) groups excluding carboxylic acids is 2. The number of thioether (sulfide) groups is 1. The molecular weight excluding hydrogens is 400 g/mol. The van der Waals surface area contributed by atoms with Crippen molar-refractivity contribution in [1.82, 2.24) is 0 Å². The van der Waals surface area contributed by atoms with E-state index in [1.807, 2.05) is 6.92 Å². The Bertz CT molecular complexity index is 371. The minimum atomic E-state index is -0.201. The highest BCUT2D eigenvalue weighted by Crippen LogP contribution is 2.38. The number of allylic oxidation sites excluding steroid dienone is 4. The van der Waals surface area contributed by atoms with Gasteiger partial charge in [-0.25, -0.2) is 0 Å². The highest BCUT2D eigenvalue weighted by molar-refractivity contribution is 9.15. The number of hydrogen-bond donors (Lipinski definition) is 0. The van der Waals surface area contributed by atoms with Gasteiger partial charge >= 0.3 is 0 Å². The summed E-state index contributed by atoms with van der Waals surface area (Å²) in [6.45, 7) is 1.93. The topological polar surface area (TPSA) is 34.1 Å². The summed E-state index contributed by atoms with van der Waals surface area (Å²) in [6, 6.07) is 0. The molecule has 6 heteroatoms. The zero-order valence-electron chi connectivity index (χ0n) is 7.07. The van der Waals surface area contributed by atoms with Crippen LogP contribution in [0.1, 0.15) is 6.92 Å². The summed E-state index contributed by atoms with van der Waals surface area (Å²) in [5, 5.41) is 0. The maximum atomic E-state index is 11.7. The maximum absolute atomic E-state index is 11.7. The number of rotatable bonds is 2. The van der Waals surface area contributed by atoms with Crippen molar-refractivity contribution in [3.05, 3.63) is 18.4 Å². The van der Waals surface area contributed by atoms with Gasteiger partial charge in [0.25, 0.3) is 0 Å². The summed E-state index contributed by atoms with van der Waals surface area (Å²) in [6.07, 6.45) is 0. The predicted octanol–water partition coefficient (Wildman–Crippen LogP) is 3.50. The van der Waals surface area contributed by atoms with Crippen molar-refractivity contribution >= 4 is 71.1 Å². The third-order valence-corrected chi connectivity index (χ3v) is 5.52. The van der Waals surface area contributed by atoms with Crippen LogP contribution in [0.3, 0.4) is 0 Å². The fourth-order valence-electron chi connectivity index (χ4n) is 0.871. The van der Waals surface area contributed by atoms with E-state index in [1.54, 1.807) is 0 Å². The SMILES string of the molecule is CCSC1=C(Br)C(=O)C(Br)=C(Br)C1=O. The molecule has 2 nitrogen and oxygen atoms in total. The molecule has 1 aliphatic rings. The van der Waals surface area contributed by atoms with Crippen molar-refractivity contribution in [2.24, 2.45) is 0 Å². The lowest BCUT2D eigenvalue weighted by Gasteiger charge is -2.13. The summed E-state index contributed by atoms with van der Waals surface area (Å²) >= 11 is 10.6. The van der Waals surface area contributed by atoms with Crippen molar-refractivity contribution in [2.75, 3.05) is 5.75 Å². The first-order valence-corrected chi connectivity index (χ1v) is 7.04. The second-order valence-electron chi connectivity index (χ2n) is 2.36. The molecule has 76 valence electrons. The molecule has 0 saturated carbocycles. The van der Waals surface area contributed by atoms with Gasteiger partial charge in [0.15, 0.2) is 0 Å². The van der Waals surface area contributed by atoms with Gasteiger partial charge in [-0.3, -0.25) is 9.59 Å². The van der Waals surface area contributed by atoms with Gasteiger partial charge in [0, 0.05) is 0 Å². The normalized spacial score (nSPS) is 18.3. The van der Waals surface area contributed by atoms with E-state index in [4.69, 9.17) is 0 Å². The minimum absolute atomic E-state index is 0.157. The van der Waals surface area contributed by atoms with Crippen LogP contribution in [0, 0.1) is 0 Å². The van der Waals surface area contributed by atoms with Crippen molar-refractivity contribution in [3.63, 3.8) is 0 Å². The lowest BCUT2D eigenvalue weighted by atomic mass is 10.2. The smallest absolute Gasteiger partial charge is 0.209 e. The Morgan fingerprint density at radius 2 is 1.50 bits per heavy atom. The Morgan fingerprint density at radius 3 is 2.00 bits per heavy atom. The van der Waals surface area contributed by atoms with Crippen LogP contribution < -0.4 is 0 Å². The van der Waals surface area contributed by atoms with Crippen molar-refractivity contribution in [1.29, 1.82) is 0 Å². The van der Waals surface area contributed by atoms with Crippen molar-refractivity contribution < 1.29 is 9.59 Å². The first-order chi connectivity index (χ1) is 6.50. The number of Topliss-reactive ketones (excluding diaryl/α,β-unsaturated/α-hetero) is 2. The molecule has 0 aromatic heterocycles. The quantitative estimate of drug-likeness (QED) is 0.660. The minimum Gasteiger partial charge on any atom is -0.287 e. The number of hydrogen-bond acceptors (Lipinski definition) is 3. The third-order valence-electron chi connectivity index (χ3n) is 1.49. The lowest BCUT2D eigenvalue weighted by Crippen LogP contribution is -2.15. The molecule has 1 rings (SSSR count). The third kappa shape index (κ3) is 2.23. The van der Waals surface area contributed by atoms with Gasteiger partial charge in [-0.1, -0.05) is 6.92 Å². The Balaban J connectivity index is 3.19. The molecule has 0 aliphatic heterocycles. The van der Waals surface area contributed by atoms with Gasteiger partial charge < -0.3 is 0 Å². The molecule has 0 bridgehead atoms. The van der Waals surface area contributed by atoms with Gasteiger partial charge in [0.2, 0.25) is 11.6 Å². The fraction of sp³-hybridized carbons (Fsp3) is 0.250. The number of carbonyl (C=O) groups is 2. The summed E-state index contributed by atoms with van der Waals surface area (Å²) in [4.78, 5) is 23.7. The predicted molar refractivity (Wildman–Crippen MR) is 69.0 cm³/mol. The number of ketones is 2. The molecule has 0 atom stereocenters. The molecule has 0 fully saturated rings. The van der Waals surface area contributed by atoms with E-state index in [0.717, 1.165) is 5.75 Å². The molecule has 0 amide bonds. The van der Waals surface area contributed by atoms with Crippen LogP contribution in [-0.2, 0) is 9.59 Å². The molecule has 0 aromatic rings. The van der Waals surface area contributed by atoms with Crippen LogP contribution in [0.5, 0.6) is 0 Å². The standard InChI is InChI=1S/C8H5Br3O2S/c1-2-14-8-5(11)6(12)3(9)4(10)7(8)13/h2H2,1H3. The molecule has 0 N–H and O–H groups in total. The Hall–Kier alpha value is 0.610. The molecule has 0 saturated heterocycles. The molecule has 1 aliphatic carbocycles. The molecule has 0 unspecified atom stereocenters. The van der Waals surface area contributed by atoms with Crippen LogP contribution in [0.25, 0.3) is 0 Å². The average Bonchev–Trinajstić information content (AvgIpc) is 2.19. The maximum Gasteiger partial charge on any atom is 0.209 e. The van der Waals surface area contributed by atoms with E-state index < -0.39 is 0 Å². The molecule has 0 heterocycles. The van der Waals surface area contributed by atoms with Crippen LogP contribution >= 0.6 is 59.6 Å².